The summed E-state index contributed by atoms with van der Waals surface area (Å²) in [7, 11) is 1.76. The van der Waals surface area contributed by atoms with Crippen molar-refractivity contribution in [3.8, 4) is 11.1 Å². The molecule has 0 unspecified atom stereocenters. The number of hydrogen-bond acceptors (Lipinski definition) is 4. The van der Waals surface area contributed by atoms with E-state index in [-0.39, 0.29) is 0 Å². The summed E-state index contributed by atoms with van der Waals surface area (Å²) in [6.45, 7) is 8.23. The minimum absolute atomic E-state index is 0.478. The topological polar surface area (TPSA) is 72.2 Å². The molecule has 0 aromatic carbocycles. The lowest BCUT2D eigenvalue weighted by Gasteiger charge is -2.14. The van der Waals surface area contributed by atoms with Crippen molar-refractivity contribution in [2.24, 2.45) is 4.99 Å². The van der Waals surface area contributed by atoms with Crippen molar-refractivity contribution in [2.45, 2.75) is 52.4 Å². The normalized spacial score (nSPS) is 12.8. The molecule has 3 aromatic rings. The van der Waals surface area contributed by atoms with Crippen molar-refractivity contribution >= 4 is 29.3 Å². The first-order valence-corrected chi connectivity index (χ1v) is 10.9. The predicted octanol–water partition coefficient (Wildman–Crippen LogP) is 5.12. The monoisotopic (exact) mass is 417 g/mol. The summed E-state index contributed by atoms with van der Waals surface area (Å²) in [5.41, 5.74) is 5.92. The van der Waals surface area contributed by atoms with Gasteiger partial charge in [-0.2, -0.15) is 0 Å². The summed E-state index contributed by atoms with van der Waals surface area (Å²) in [5.74, 6) is 0.478. The lowest BCUT2D eigenvalue weighted by Crippen LogP contribution is -2.20. The van der Waals surface area contributed by atoms with Crippen molar-refractivity contribution < 1.29 is 4.79 Å². The third-order valence-corrected chi connectivity index (χ3v) is 5.14. The number of pyridine rings is 3. The third kappa shape index (κ3) is 5.45. The Kier molecular flexibility index (Phi) is 7.70. The van der Waals surface area contributed by atoms with E-state index in [2.05, 4.69) is 52.8 Å². The van der Waals surface area contributed by atoms with Gasteiger partial charge in [-0.05, 0) is 37.5 Å². The maximum atomic E-state index is 10.8. The van der Waals surface area contributed by atoms with E-state index < -0.39 is 0 Å². The minimum Gasteiger partial charge on any atom is -0.313 e. The van der Waals surface area contributed by atoms with Crippen LogP contribution in [0.25, 0.3) is 28.2 Å². The summed E-state index contributed by atoms with van der Waals surface area (Å²) in [4.78, 5) is 24.2. The van der Waals surface area contributed by atoms with Crippen molar-refractivity contribution in [3.05, 3.63) is 53.9 Å². The van der Waals surface area contributed by atoms with Gasteiger partial charge >= 0.3 is 0 Å². The number of rotatable bonds is 7. The Morgan fingerprint density at radius 3 is 2.52 bits per heavy atom. The highest BCUT2D eigenvalue weighted by Gasteiger charge is 2.12. The van der Waals surface area contributed by atoms with E-state index in [4.69, 9.17) is 0 Å². The molecule has 0 spiro atoms. The Labute approximate surface area is 183 Å². The van der Waals surface area contributed by atoms with Gasteiger partial charge in [0.1, 0.15) is 11.3 Å². The first-order chi connectivity index (χ1) is 15.1. The minimum atomic E-state index is 0.478. The molecule has 6 nitrogen and oxygen atoms in total. The molecular weight excluding hydrogens is 386 g/mol. The largest absolute Gasteiger partial charge is 0.313 e. The fourth-order valence-electron chi connectivity index (χ4n) is 3.38. The number of nitrogens with zero attached hydrogens (tertiary/aromatic N) is 4. The van der Waals surface area contributed by atoms with Gasteiger partial charge in [0, 0.05) is 53.9 Å². The number of aryl methyl sites for hydroxylation is 2. The van der Waals surface area contributed by atoms with Crippen LogP contribution in [0, 0.1) is 6.92 Å². The molecule has 31 heavy (non-hydrogen) atoms. The number of amides is 1. The molecule has 4 rings (SSSR count). The Hall–Kier alpha value is -3.28. The van der Waals surface area contributed by atoms with E-state index in [0.717, 1.165) is 58.0 Å². The lowest BCUT2D eigenvalue weighted by atomic mass is 10.0. The number of hydrogen-bond donors (Lipinski definition) is 1. The molecule has 1 fully saturated rings. The predicted molar refractivity (Wildman–Crippen MR) is 128 cm³/mol. The summed E-state index contributed by atoms with van der Waals surface area (Å²) >= 11 is 0. The molecule has 0 bridgehead atoms. The van der Waals surface area contributed by atoms with E-state index in [1.165, 1.54) is 19.3 Å². The van der Waals surface area contributed by atoms with Gasteiger partial charge < -0.3 is 9.88 Å². The van der Waals surface area contributed by atoms with Gasteiger partial charge in [-0.25, -0.2) is 4.98 Å². The van der Waals surface area contributed by atoms with E-state index in [1.54, 1.807) is 19.4 Å². The first kappa shape index (κ1) is 22.4. The number of anilines is 1. The molecule has 0 saturated heterocycles. The molecule has 1 N–H and O–H groups in total. The number of fused-ring (bicyclic) bond motifs is 1. The van der Waals surface area contributed by atoms with Crippen LogP contribution in [-0.4, -0.2) is 28.0 Å². The van der Waals surface area contributed by atoms with Crippen molar-refractivity contribution in [1.82, 2.24) is 14.5 Å². The SMILES string of the molecule is C1CC1.C=Cn1c(=NC)c(-c2cnc(CCCC)cc2C)cc2cnc(NC=O)cc21. The van der Waals surface area contributed by atoms with Crippen LogP contribution < -0.4 is 10.8 Å². The summed E-state index contributed by atoms with van der Waals surface area (Å²) in [6, 6.07) is 6.02. The van der Waals surface area contributed by atoms with Crippen LogP contribution in [0.3, 0.4) is 0 Å². The molecular formula is C25H31N5O. The standard InChI is InChI=1S/C22H25N5O.C3H6/c1-5-7-8-17-9-15(3)19(13-24-17)18-10-16-12-25-21(26-14-28)11-20(16)27(6-2)22(18)23-4;1-2-3-1/h6,9-14H,2,5,7-8H2,1,3-4H3,(H,25,26,28);1-3H2. The van der Waals surface area contributed by atoms with E-state index in [9.17, 15) is 4.79 Å². The Morgan fingerprint density at radius 2 is 1.94 bits per heavy atom. The number of unbranched alkanes of at least 4 members (excludes halogenated alkanes) is 1. The van der Waals surface area contributed by atoms with Crippen molar-refractivity contribution in [2.75, 3.05) is 12.4 Å². The zero-order valence-corrected chi connectivity index (χ0v) is 18.7. The highest BCUT2D eigenvalue weighted by atomic mass is 16.1. The molecule has 6 heteroatoms. The van der Waals surface area contributed by atoms with E-state index in [0.29, 0.717) is 12.2 Å². The van der Waals surface area contributed by atoms with Crippen LogP contribution in [0.1, 0.15) is 50.3 Å². The number of nitrogens with one attached hydrogen (secondary N) is 1. The zero-order valence-electron chi connectivity index (χ0n) is 18.7. The molecule has 1 aliphatic carbocycles. The Bertz CT molecular complexity index is 1140. The number of carbonyl (C=O) groups is 1. The molecule has 1 aliphatic rings. The van der Waals surface area contributed by atoms with Gasteiger partial charge in [0.2, 0.25) is 6.41 Å². The third-order valence-electron chi connectivity index (χ3n) is 5.14. The van der Waals surface area contributed by atoms with Gasteiger partial charge in [-0.15, -0.1) is 0 Å². The Morgan fingerprint density at radius 1 is 1.16 bits per heavy atom. The quantitative estimate of drug-likeness (QED) is 0.542. The van der Waals surface area contributed by atoms with Crippen LogP contribution >= 0.6 is 0 Å². The second-order valence-corrected chi connectivity index (χ2v) is 7.70. The number of aromatic nitrogens is 3. The lowest BCUT2D eigenvalue weighted by molar-refractivity contribution is -0.105. The molecule has 1 saturated carbocycles. The summed E-state index contributed by atoms with van der Waals surface area (Å²) in [5, 5.41) is 3.51. The van der Waals surface area contributed by atoms with Gasteiger partial charge in [0.05, 0.1) is 5.52 Å². The van der Waals surface area contributed by atoms with Crippen LogP contribution in [0.2, 0.25) is 0 Å². The molecule has 0 atom stereocenters. The van der Waals surface area contributed by atoms with Crippen LogP contribution in [0.5, 0.6) is 0 Å². The van der Waals surface area contributed by atoms with Gasteiger partial charge in [-0.3, -0.25) is 14.8 Å². The fraction of sp³-hybridized carbons (Fsp3) is 0.360. The maximum absolute atomic E-state index is 10.8. The average molecular weight is 418 g/mol. The van der Waals surface area contributed by atoms with Crippen LogP contribution in [0.15, 0.2) is 42.2 Å². The smallest absolute Gasteiger partial charge is 0.212 e. The van der Waals surface area contributed by atoms with Crippen molar-refractivity contribution in [1.29, 1.82) is 0 Å². The highest BCUT2D eigenvalue weighted by molar-refractivity contribution is 5.88. The average Bonchev–Trinajstić information content (AvgIpc) is 3.66. The van der Waals surface area contributed by atoms with Gasteiger partial charge in [0.15, 0.2) is 0 Å². The number of carbonyl (C=O) groups excluding carboxylic acids is 1. The fourth-order valence-corrected chi connectivity index (χ4v) is 3.38. The second-order valence-electron chi connectivity index (χ2n) is 7.70. The molecule has 0 aliphatic heterocycles. The molecule has 1 amide bonds. The molecule has 3 aromatic heterocycles. The van der Waals surface area contributed by atoms with Crippen molar-refractivity contribution in [3.63, 3.8) is 0 Å². The Balaban J connectivity index is 0.000000834. The highest BCUT2D eigenvalue weighted by Crippen LogP contribution is 2.25. The maximum Gasteiger partial charge on any atom is 0.212 e. The molecule has 0 radical (unpaired) electrons. The van der Waals surface area contributed by atoms with Crippen LogP contribution in [0.4, 0.5) is 5.82 Å². The summed E-state index contributed by atoms with van der Waals surface area (Å²) in [6.07, 6.45) is 13.8. The van der Waals surface area contributed by atoms with Gasteiger partial charge in [0.25, 0.3) is 0 Å². The van der Waals surface area contributed by atoms with E-state index in [1.807, 2.05) is 16.8 Å². The van der Waals surface area contributed by atoms with E-state index >= 15 is 0 Å². The zero-order chi connectivity index (χ0) is 22.2. The van der Waals surface area contributed by atoms with Gasteiger partial charge in [-0.1, -0.05) is 39.2 Å². The molecule has 162 valence electrons. The molecule has 3 heterocycles. The first-order valence-electron chi connectivity index (χ1n) is 10.9. The van der Waals surface area contributed by atoms with Crippen LogP contribution in [-0.2, 0) is 11.2 Å². The summed E-state index contributed by atoms with van der Waals surface area (Å²) < 4.78 is 1.91. The second kappa shape index (κ2) is 10.7.